The molecular weight excluding hydrogens is 299 g/mol. The van der Waals surface area contributed by atoms with Gasteiger partial charge >= 0.3 is 0 Å². The molecule has 0 fully saturated rings. The van der Waals surface area contributed by atoms with Crippen LogP contribution in [0.15, 0.2) is 36.7 Å². The summed E-state index contributed by atoms with van der Waals surface area (Å²) < 4.78 is 3.43. The van der Waals surface area contributed by atoms with Crippen LogP contribution in [0.3, 0.4) is 0 Å². The Kier molecular flexibility index (Phi) is 3.09. The van der Waals surface area contributed by atoms with Crippen LogP contribution in [0, 0.1) is 3.57 Å². The van der Waals surface area contributed by atoms with Gasteiger partial charge < -0.3 is 4.57 Å². The van der Waals surface area contributed by atoms with Crippen LogP contribution in [-0.2, 0) is 0 Å². The minimum absolute atomic E-state index is 0.445. The molecule has 3 heteroatoms. The smallest absolute Gasteiger partial charge is 0.140 e. The number of aromatic nitrogens is 2. The van der Waals surface area contributed by atoms with E-state index in [9.17, 15) is 0 Å². The molecule has 0 aliphatic rings. The Hall–Kier alpha value is -0.840. The van der Waals surface area contributed by atoms with Crippen molar-refractivity contribution < 1.29 is 0 Å². The average molecular weight is 312 g/mol. The van der Waals surface area contributed by atoms with Gasteiger partial charge in [-0.2, -0.15) is 0 Å². The molecule has 0 aliphatic heterocycles. The molecule has 2 aromatic rings. The summed E-state index contributed by atoms with van der Waals surface area (Å²) in [6.07, 6.45) is 3.88. The van der Waals surface area contributed by atoms with E-state index in [4.69, 9.17) is 0 Å². The van der Waals surface area contributed by atoms with Crippen LogP contribution in [0.5, 0.6) is 0 Å². The third kappa shape index (κ3) is 2.22. The van der Waals surface area contributed by atoms with Gasteiger partial charge in [0.2, 0.25) is 0 Å². The maximum Gasteiger partial charge on any atom is 0.140 e. The molecule has 0 amide bonds. The molecule has 0 N–H and O–H groups in total. The summed E-state index contributed by atoms with van der Waals surface area (Å²) >= 11 is 2.32. The molecule has 78 valence electrons. The van der Waals surface area contributed by atoms with E-state index in [-0.39, 0.29) is 0 Å². The lowest BCUT2D eigenvalue weighted by Crippen LogP contribution is -2.01. The fourth-order valence-corrected chi connectivity index (χ4v) is 2.12. The van der Waals surface area contributed by atoms with E-state index in [1.807, 2.05) is 12.4 Å². The van der Waals surface area contributed by atoms with Gasteiger partial charge in [-0.3, -0.25) is 0 Å². The fourth-order valence-electron chi connectivity index (χ4n) is 1.58. The first-order valence-electron chi connectivity index (χ1n) is 4.97. The molecule has 0 bridgehead atoms. The lowest BCUT2D eigenvalue weighted by atomic mass is 10.2. The van der Waals surface area contributed by atoms with Crippen molar-refractivity contribution in [2.75, 3.05) is 0 Å². The van der Waals surface area contributed by atoms with E-state index in [1.165, 1.54) is 9.13 Å². The van der Waals surface area contributed by atoms with Crippen molar-refractivity contribution >= 4 is 22.6 Å². The highest BCUT2D eigenvalue weighted by atomic mass is 127. The second-order valence-electron chi connectivity index (χ2n) is 3.76. The number of rotatable bonds is 2. The standard InChI is InChI=1S/C12H13IN2/c1-9(2)15-7-6-14-12(15)10-4-3-5-11(13)8-10/h3-9H,1-2H3. The van der Waals surface area contributed by atoms with E-state index in [1.54, 1.807) is 0 Å². The lowest BCUT2D eigenvalue weighted by Gasteiger charge is -2.11. The average Bonchev–Trinajstić information content (AvgIpc) is 2.65. The molecule has 2 rings (SSSR count). The van der Waals surface area contributed by atoms with Gasteiger partial charge in [0.1, 0.15) is 5.82 Å². The van der Waals surface area contributed by atoms with Crippen LogP contribution in [0.4, 0.5) is 0 Å². The summed E-state index contributed by atoms with van der Waals surface area (Å²) in [7, 11) is 0. The van der Waals surface area contributed by atoms with Crippen molar-refractivity contribution in [2.45, 2.75) is 19.9 Å². The Morgan fingerprint density at radius 1 is 1.33 bits per heavy atom. The number of hydrogen-bond acceptors (Lipinski definition) is 1. The first-order chi connectivity index (χ1) is 7.18. The Morgan fingerprint density at radius 2 is 2.13 bits per heavy atom. The van der Waals surface area contributed by atoms with Gasteiger partial charge in [-0.25, -0.2) is 4.98 Å². The van der Waals surface area contributed by atoms with Gasteiger partial charge in [-0.1, -0.05) is 12.1 Å². The van der Waals surface area contributed by atoms with Crippen molar-refractivity contribution in [1.29, 1.82) is 0 Å². The molecule has 0 spiro atoms. The zero-order valence-corrected chi connectivity index (χ0v) is 11.0. The zero-order chi connectivity index (χ0) is 10.8. The van der Waals surface area contributed by atoms with Crippen molar-refractivity contribution in [3.8, 4) is 11.4 Å². The van der Waals surface area contributed by atoms with Gasteiger partial charge in [0.25, 0.3) is 0 Å². The second-order valence-corrected chi connectivity index (χ2v) is 5.01. The van der Waals surface area contributed by atoms with Crippen LogP contribution in [0.25, 0.3) is 11.4 Å². The molecule has 1 aromatic heterocycles. The van der Waals surface area contributed by atoms with Crippen molar-refractivity contribution in [2.24, 2.45) is 0 Å². The zero-order valence-electron chi connectivity index (χ0n) is 8.81. The molecule has 0 radical (unpaired) electrons. The van der Waals surface area contributed by atoms with Crippen LogP contribution in [-0.4, -0.2) is 9.55 Å². The maximum atomic E-state index is 4.41. The summed E-state index contributed by atoms with van der Waals surface area (Å²) in [5, 5.41) is 0. The Balaban J connectivity index is 2.49. The van der Waals surface area contributed by atoms with Gasteiger partial charge in [0, 0.05) is 27.6 Å². The number of imidazole rings is 1. The monoisotopic (exact) mass is 312 g/mol. The first kappa shape index (κ1) is 10.7. The highest BCUT2D eigenvalue weighted by Gasteiger charge is 2.07. The summed E-state index contributed by atoms with van der Waals surface area (Å²) in [6.45, 7) is 4.33. The summed E-state index contributed by atoms with van der Waals surface area (Å²) in [6, 6.07) is 8.86. The van der Waals surface area contributed by atoms with Gasteiger partial charge in [-0.05, 0) is 48.6 Å². The highest BCUT2D eigenvalue weighted by molar-refractivity contribution is 14.1. The van der Waals surface area contributed by atoms with Gasteiger partial charge in [0.05, 0.1) is 0 Å². The number of hydrogen-bond donors (Lipinski definition) is 0. The third-order valence-corrected chi connectivity index (χ3v) is 2.98. The molecule has 0 saturated heterocycles. The summed E-state index contributed by atoms with van der Waals surface area (Å²) in [4.78, 5) is 4.41. The molecule has 15 heavy (non-hydrogen) atoms. The van der Waals surface area contributed by atoms with Crippen LogP contribution in [0.2, 0.25) is 0 Å². The highest BCUT2D eigenvalue weighted by Crippen LogP contribution is 2.22. The minimum atomic E-state index is 0.445. The number of benzene rings is 1. The molecule has 2 nitrogen and oxygen atoms in total. The quantitative estimate of drug-likeness (QED) is 0.773. The fraction of sp³-hybridized carbons (Fsp3) is 0.250. The topological polar surface area (TPSA) is 17.8 Å². The van der Waals surface area contributed by atoms with Crippen LogP contribution >= 0.6 is 22.6 Å². The third-order valence-electron chi connectivity index (χ3n) is 2.31. The van der Waals surface area contributed by atoms with Gasteiger partial charge in [0.15, 0.2) is 0 Å². The Labute approximate surface area is 103 Å². The normalized spacial score (nSPS) is 10.9. The molecule has 1 heterocycles. The number of nitrogens with zero attached hydrogens (tertiary/aromatic N) is 2. The van der Waals surface area contributed by atoms with Crippen molar-refractivity contribution in [1.82, 2.24) is 9.55 Å². The van der Waals surface area contributed by atoms with E-state index in [2.05, 4.69) is 70.3 Å². The largest absolute Gasteiger partial charge is 0.328 e. The minimum Gasteiger partial charge on any atom is -0.328 e. The Bertz CT molecular complexity index is 460. The van der Waals surface area contributed by atoms with Crippen molar-refractivity contribution in [3.05, 3.63) is 40.2 Å². The molecular formula is C12H13IN2. The second kappa shape index (κ2) is 4.35. The van der Waals surface area contributed by atoms with E-state index in [0.29, 0.717) is 6.04 Å². The lowest BCUT2D eigenvalue weighted by molar-refractivity contribution is 0.606. The molecule has 0 saturated carbocycles. The Morgan fingerprint density at radius 3 is 2.80 bits per heavy atom. The first-order valence-corrected chi connectivity index (χ1v) is 6.05. The van der Waals surface area contributed by atoms with Gasteiger partial charge in [-0.15, -0.1) is 0 Å². The van der Waals surface area contributed by atoms with E-state index < -0.39 is 0 Å². The van der Waals surface area contributed by atoms with E-state index in [0.717, 1.165) is 5.82 Å². The van der Waals surface area contributed by atoms with E-state index >= 15 is 0 Å². The summed E-state index contributed by atoms with van der Waals surface area (Å²) in [5.74, 6) is 1.04. The van der Waals surface area contributed by atoms with Crippen LogP contribution < -0.4 is 0 Å². The number of halogens is 1. The van der Waals surface area contributed by atoms with Crippen molar-refractivity contribution in [3.63, 3.8) is 0 Å². The molecule has 0 unspecified atom stereocenters. The predicted molar refractivity (Wildman–Crippen MR) is 70.8 cm³/mol. The molecule has 0 aliphatic carbocycles. The maximum absolute atomic E-state index is 4.41. The SMILES string of the molecule is CC(C)n1ccnc1-c1cccc(I)c1. The molecule has 0 atom stereocenters. The summed E-state index contributed by atoms with van der Waals surface area (Å²) in [5.41, 5.74) is 1.18. The van der Waals surface area contributed by atoms with Crippen LogP contribution in [0.1, 0.15) is 19.9 Å². The molecule has 1 aromatic carbocycles. The predicted octanol–water partition coefficient (Wildman–Crippen LogP) is 3.74.